The second-order valence-corrected chi connectivity index (χ2v) is 4.28. The maximum absolute atomic E-state index is 11.4. The Bertz CT molecular complexity index is 501. The van der Waals surface area contributed by atoms with E-state index in [1.165, 1.54) is 10.9 Å². The largest absolute Gasteiger partial charge is 0.476 e. The molecule has 0 aromatic carbocycles. The van der Waals surface area contributed by atoms with Gasteiger partial charge in [-0.3, -0.25) is 4.79 Å². The normalized spacial score (nSPS) is 10.1. The zero-order valence-corrected chi connectivity index (χ0v) is 11.4. The van der Waals surface area contributed by atoms with Crippen LogP contribution >= 0.6 is 0 Å². The maximum Gasteiger partial charge on any atom is 0.358 e. The van der Waals surface area contributed by atoms with Gasteiger partial charge in [-0.05, 0) is 12.8 Å². The second-order valence-electron chi connectivity index (χ2n) is 4.28. The van der Waals surface area contributed by atoms with Gasteiger partial charge in [0.2, 0.25) is 5.91 Å². The molecule has 21 heavy (non-hydrogen) atoms. The summed E-state index contributed by atoms with van der Waals surface area (Å²) in [5.41, 5.74) is 4.84. The summed E-state index contributed by atoms with van der Waals surface area (Å²) in [4.78, 5) is 32.5. The number of hydrogen-bond acceptors (Lipinski definition) is 5. The number of carboxylic acid groups (broad SMARTS) is 1. The van der Waals surface area contributed by atoms with Gasteiger partial charge in [-0.15, -0.1) is 5.10 Å². The van der Waals surface area contributed by atoms with E-state index in [1.807, 2.05) is 0 Å². The van der Waals surface area contributed by atoms with Crippen molar-refractivity contribution in [2.24, 2.45) is 5.73 Å². The highest BCUT2D eigenvalue weighted by molar-refractivity contribution is 5.84. The molecule has 10 heteroatoms. The number of amides is 3. The van der Waals surface area contributed by atoms with Gasteiger partial charge in [0, 0.05) is 19.5 Å². The standard InChI is InChI=1S/C11H18N6O4/c12-9(18)3-1-2-4-13-11(21)14-5-6-17-7-8(10(19)20)15-16-17/h7H,1-6H2,(H2,12,18)(H,19,20)(H2,13,14,21). The van der Waals surface area contributed by atoms with Crippen molar-refractivity contribution in [2.75, 3.05) is 13.1 Å². The third kappa shape index (κ3) is 6.89. The molecule has 0 spiro atoms. The Labute approximate surface area is 120 Å². The van der Waals surface area contributed by atoms with Crippen LogP contribution in [0.2, 0.25) is 0 Å². The number of carboxylic acids is 1. The number of aromatic nitrogens is 3. The van der Waals surface area contributed by atoms with E-state index in [-0.39, 0.29) is 24.2 Å². The zero-order chi connectivity index (χ0) is 15.7. The van der Waals surface area contributed by atoms with Crippen LogP contribution in [0.3, 0.4) is 0 Å². The molecule has 0 radical (unpaired) electrons. The molecular weight excluding hydrogens is 280 g/mol. The van der Waals surface area contributed by atoms with Gasteiger partial charge >= 0.3 is 12.0 Å². The van der Waals surface area contributed by atoms with Crippen molar-refractivity contribution in [1.82, 2.24) is 25.6 Å². The summed E-state index contributed by atoms with van der Waals surface area (Å²) in [5, 5.41) is 20.9. The van der Waals surface area contributed by atoms with Crippen molar-refractivity contribution in [3.05, 3.63) is 11.9 Å². The SMILES string of the molecule is NC(=O)CCCCNC(=O)NCCn1cc(C(=O)O)nn1. The van der Waals surface area contributed by atoms with Crippen LogP contribution in [0.4, 0.5) is 4.79 Å². The number of carbonyl (C=O) groups is 3. The Kier molecular flexibility index (Phi) is 6.65. The predicted octanol–water partition coefficient (Wildman–Crippen LogP) is -1.07. The van der Waals surface area contributed by atoms with Gasteiger partial charge in [-0.1, -0.05) is 5.21 Å². The van der Waals surface area contributed by atoms with E-state index in [0.717, 1.165) is 0 Å². The number of rotatable bonds is 9. The topological polar surface area (TPSA) is 152 Å². The third-order valence-electron chi connectivity index (χ3n) is 2.52. The molecule has 1 aromatic heterocycles. The lowest BCUT2D eigenvalue weighted by Crippen LogP contribution is -2.37. The molecule has 0 unspecified atom stereocenters. The molecule has 10 nitrogen and oxygen atoms in total. The summed E-state index contributed by atoms with van der Waals surface area (Å²) in [6.45, 7) is 1.05. The van der Waals surface area contributed by atoms with E-state index in [9.17, 15) is 14.4 Å². The van der Waals surface area contributed by atoms with Gasteiger partial charge in [0.1, 0.15) is 0 Å². The van der Waals surface area contributed by atoms with Crippen LogP contribution in [0.5, 0.6) is 0 Å². The van der Waals surface area contributed by atoms with Crippen molar-refractivity contribution in [3.8, 4) is 0 Å². The Morgan fingerprint density at radius 1 is 1.24 bits per heavy atom. The Morgan fingerprint density at radius 3 is 2.57 bits per heavy atom. The van der Waals surface area contributed by atoms with E-state index in [2.05, 4.69) is 20.9 Å². The lowest BCUT2D eigenvalue weighted by Gasteiger charge is -2.07. The van der Waals surface area contributed by atoms with E-state index < -0.39 is 5.97 Å². The minimum absolute atomic E-state index is 0.145. The molecule has 0 aliphatic rings. The average molecular weight is 298 g/mol. The Hall–Kier alpha value is -2.65. The highest BCUT2D eigenvalue weighted by atomic mass is 16.4. The number of carbonyl (C=O) groups excluding carboxylic acids is 2. The Balaban J connectivity index is 2.10. The number of nitrogens with two attached hydrogens (primary N) is 1. The van der Waals surface area contributed by atoms with Crippen molar-refractivity contribution in [3.63, 3.8) is 0 Å². The van der Waals surface area contributed by atoms with Crippen LogP contribution in [0.15, 0.2) is 6.20 Å². The molecule has 5 N–H and O–H groups in total. The number of primary amides is 1. The molecule has 116 valence electrons. The van der Waals surface area contributed by atoms with Crippen LogP contribution in [-0.4, -0.2) is 51.1 Å². The minimum Gasteiger partial charge on any atom is -0.476 e. The maximum atomic E-state index is 11.4. The van der Waals surface area contributed by atoms with Gasteiger partial charge in [0.25, 0.3) is 0 Å². The number of nitrogens with one attached hydrogen (secondary N) is 2. The van der Waals surface area contributed by atoms with Crippen LogP contribution in [0, 0.1) is 0 Å². The lowest BCUT2D eigenvalue weighted by molar-refractivity contribution is -0.118. The first-order valence-corrected chi connectivity index (χ1v) is 6.42. The van der Waals surface area contributed by atoms with E-state index >= 15 is 0 Å². The fourth-order valence-corrected chi connectivity index (χ4v) is 1.48. The first kappa shape index (κ1) is 16.4. The molecule has 0 aliphatic carbocycles. The lowest BCUT2D eigenvalue weighted by atomic mass is 10.2. The number of hydrogen-bond donors (Lipinski definition) is 4. The van der Waals surface area contributed by atoms with Gasteiger partial charge in [0.05, 0.1) is 12.7 Å². The highest BCUT2D eigenvalue weighted by Gasteiger charge is 2.08. The average Bonchev–Trinajstić information content (AvgIpc) is 2.87. The zero-order valence-electron chi connectivity index (χ0n) is 11.4. The molecule has 1 rings (SSSR count). The molecule has 0 saturated heterocycles. The van der Waals surface area contributed by atoms with Gasteiger partial charge in [0.15, 0.2) is 5.69 Å². The van der Waals surface area contributed by atoms with Crippen LogP contribution < -0.4 is 16.4 Å². The fourth-order valence-electron chi connectivity index (χ4n) is 1.48. The number of urea groups is 1. The van der Waals surface area contributed by atoms with E-state index in [1.54, 1.807) is 0 Å². The number of unbranched alkanes of at least 4 members (excludes halogenated alkanes) is 1. The summed E-state index contributed by atoms with van der Waals surface area (Å²) in [6, 6.07) is -0.340. The fraction of sp³-hybridized carbons (Fsp3) is 0.545. The molecule has 0 saturated carbocycles. The summed E-state index contributed by atoms with van der Waals surface area (Å²) in [7, 11) is 0. The number of nitrogens with zero attached hydrogens (tertiary/aromatic N) is 3. The molecule has 3 amide bonds. The molecule has 0 fully saturated rings. The van der Waals surface area contributed by atoms with Gasteiger partial charge < -0.3 is 21.5 Å². The quantitative estimate of drug-likeness (QED) is 0.426. The Morgan fingerprint density at radius 2 is 1.95 bits per heavy atom. The van der Waals surface area contributed by atoms with Crippen molar-refractivity contribution in [2.45, 2.75) is 25.8 Å². The minimum atomic E-state index is -1.15. The van der Waals surface area contributed by atoms with Crippen LogP contribution in [0.25, 0.3) is 0 Å². The van der Waals surface area contributed by atoms with Gasteiger partial charge in [-0.25, -0.2) is 14.3 Å². The van der Waals surface area contributed by atoms with Crippen molar-refractivity contribution < 1.29 is 19.5 Å². The molecular formula is C11H18N6O4. The monoisotopic (exact) mass is 298 g/mol. The molecule has 0 atom stereocenters. The van der Waals surface area contributed by atoms with Crippen molar-refractivity contribution in [1.29, 1.82) is 0 Å². The molecule has 1 aromatic rings. The van der Waals surface area contributed by atoms with Crippen molar-refractivity contribution >= 4 is 17.9 Å². The van der Waals surface area contributed by atoms with E-state index in [0.29, 0.717) is 32.4 Å². The summed E-state index contributed by atoms with van der Waals surface area (Å²) >= 11 is 0. The van der Waals surface area contributed by atoms with Crippen LogP contribution in [-0.2, 0) is 11.3 Å². The summed E-state index contributed by atoms with van der Waals surface area (Å²) < 4.78 is 1.33. The number of aromatic carboxylic acids is 1. The predicted molar refractivity (Wildman–Crippen MR) is 71.4 cm³/mol. The third-order valence-corrected chi connectivity index (χ3v) is 2.52. The highest BCUT2D eigenvalue weighted by Crippen LogP contribution is 1.93. The molecule has 0 aliphatic heterocycles. The smallest absolute Gasteiger partial charge is 0.358 e. The molecule has 1 heterocycles. The van der Waals surface area contributed by atoms with Crippen LogP contribution in [0.1, 0.15) is 29.8 Å². The summed E-state index contributed by atoms with van der Waals surface area (Å²) in [6.07, 6.45) is 2.89. The van der Waals surface area contributed by atoms with Gasteiger partial charge in [-0.2, -0.15) is 0 Å². The molecule has 0 bridgehead atoms. The second kappa shape index (κ2) is 8.51. The van der Waals surface area contributed by atoms with E-state index in [4.69, 9.17) is 10.8 Å². The summed E-state index contributed by atoms with van der Waals surface area (Å²) in [5.74, 6) is -1.50. The first-order chi connectivity index (χ1) is 9.99. The first-order valence-electron chi connectivity index (χ1n) is 6.42.